The second-order valence-electron chi connectivity index (χ2n) is 13.3. The molecule has 3 aromatic carbocycles. The number of sulfonamides is 1. The molecular formula is C37H48N6O7S. The van der Waals surface area contributed by atoms with E-state index in [0.29, 0.717) is 30.2 Å². The number of aromatic nitrogens is 2. The van der Waals surface area contributed by atoms with Gasteiger partial charge in [0.1, 0.15) is 5.75 Å². The summed E-state index contributed by atoms with van der Waals surface area (Å²) in [4.78, 5) is 33.2. The molecule has 0 saturated carbocycles. The number of amides is 3. The first-order valence-corrected chi connectivity index (χ1v) is 18.7. The molecule has 4 atom stereocenters. The molecule has 0 saturated heterocycles. The Balaban J connectivity index is 1.41. The average molecular weight is 721 g/mol. The summed E-state index contributed by atoms with van der Waals surface area (Å²) in [7, 11) is -0.703. The quantitative estimate of drug-likeness (QED) is 0.221. The van der Waals surface area contributed by atoms with Gasteiger partial charge in [-0.15, -0.1) is 0 Å². The number of carbonyl (C=O) groups excluding carboxylic acids is 2. The average Bonchev–Trinajstić information content (AvgIpc) is 3.56. The summed E-state index contributed by atoms with van der Waals surface area (Å²) in [5, 5.41) is 17.8. The van der Waals surface area contributed by atoms with E-state index in [0.717, 1.165) is 23.6 Å². The number of urea groups is 1. The Kier molecular flexibility index (Phi) is 12.3. The van der Waals surface area contributed by atoms with Crippen LogP contribution in [0.15, 0.2) is 78.2 Å². The van der Waals surface area contributed by atoms with Gasteiger partial charge in [-0.25, -0.2) is 18.2 Å². The zero-order valence-electron chi connectivity index (χ0n) is 29.8. The lowest BCUT2D eigenvalue weighted by Crippen LogP contribution is -2.48. The number of likely N-dealkylation sites (N-methyl/N-ethyl adjacent to an activating group) is 1. The number of fused-ring (bicyclic) bond motifs is 2. The number of nitrogens with zero attached hydrogens (tertiary/aromatic N) is 4. The number of hydrogen-bond acceptors (Lipinski definition) is 8. The van der Waals surface area contributed by atoms with Crippen LogP contribution in [0.3, 0.4) is 0 Å². The molecule has 13 nitrogen and oxygen atoms in total. The fourth-order valence-electron chi connectivity index (χ4n) is 6.12. The van der Waals surface area contributed by atoms with E-state index in [1.165, 1.54) is 23.9 Å². The zero-order valence-corrected chi connectivity index (χ0v) is 30.6. The van der Waals surface area contributed by atoms with E-state index in [2.05, 4.69) is 15.6 Å². The van der Waals surface area contributed by atoms with Crippen molar-refractivity contribution in [2.24, 2.45) is 13.0 Å². The van der Waals surface area contributed by atoms with Crippen LogP contribution in [-0.4, -0.2) is 95.8 Å². The summed E-state index contributed by atoms with van der Waals surface area (Å²) in [6, 6.07) is 17.3. The lowest BCUT2D eigenvalue weighted by molar-refractivity contribution is -0.00835. The smallest absolute Gasteiger partial charge is 0.323 e. The van der Waals surface area contributed by atoms with Gasteiger partial charge < -0.3 is 34.7 Å². The maximum Gasteiger partial charge on any atom is 0.323 e. The Morgan fingerprint density at radius 3 is 2.61 bits per heavy atom. The SMILES string of the molecule is C[C@@H]1CCCCO[C@@H](CN(C)S(=O)(=O)c2cn(C)cn2)[C@@H](C)CN([C@H](C)CO)C(=O)c2cc(NC(=O)Nc3cccc4ccccc34)ccc2O1. The number of aliphatic hydroxyl groups excluding tert-OH is 1. The molecule has 0 unspecified atom stereocenters. The molecule has 1 aliphatic rings. The van der Waals surface area contributed by atoms with Crippen molar-refractivity contribution >= 4 is 44.1 Å². The maximum atomic E-state index is 14.5. The third-order valence-electron chi connectivity index (χ3n) is 9.14. The topological polar surface area (TPSA) is 155 Å². The van der Waals surface area contributed by atoms with E-state index >= 15 is 0 Å². The van der Waals surface area contributed by atoms with Crippen LogP contribution >= 0.6 is 0 Å². The predicted octanol–water partition coefficient (Wildman–Crippen LogP) is 5.33. The van der Waals surface area contributed by atoms with Crippen LogP contribution < -0.4 is 15.4 Å². The Bertz CT molecular complexity index is 1930. The van der Waals surface area contributed by atoms with Crippen molar-refractivity contribution in [3.8, 4) is 5.75 Å². The number of benzene rings is 3. The third kappa shape index (κ3) is 9.25. The summed E-state index contributed by atoms with van der Waals surface area (Å²) in [6.45, 7) is 5.84. The third-order valence-corrected chi connectivity index (χ3v) is 10.8. The number of aryl methyl sites for hydroxylation is 1. The highest BCUT2D eigenvalue weighted by molar-refractivity contribution is 7.89. The van der Waals surface area contributed by atoms with E-state index in [1.54, 1.807) is 41.6 Å². The Morgan fingerprint density at radius 1 is 1.10 bits per heavy atom. The van der Waals surface area contributed by atoms with Crippen LogP contribution in [0.25, 0.3) is 10.8 Å². The molecule has 0 fully saturated rings. The monoisotopic (exact) mass is 720 g/mol. The molecule has 1 aromatic heterocycles. The number of ether oxygens (including phenoxy) is 2. The second-order valence-corrected chi connectivity index (χ2v) is 15.3. The first-order chi connectivity index (χ1) is 24.4. The summed E-state index contributed by atoms with van der Waals surface area (Å²) >= 11 is 0. The number of carbonyl (C=O) groups is 2. The predicted molar refractivity (Wildman–Crippen MR) is 196 cm³/mol. The number of imidazole rings is 1. The molecule has 0 bridgehead atoms. The molecule has 0 radical (unpaired) electrons. The van der Waals surface area contributed by atoms with Crippen molar-refractivity contribution in [1.29, 1.82) is 0 Å². The number of nitrogens with one attached hydrogen (secondary N) is 2. The lowest BCUT2D eigenvalue weighted by Gasteiger charge is -2.35. The fourth-order valence-corrected chi connectivity index (χ4v) is 7.26. The fraction of sp³-hybridized carbons (Fsp3) is 0.432. The van der Waals surface area contributed by atoms with Crippen LogP contribution in [0, 0.1) is 5.92 Å². The van der Waals surface area contributed by atoms with Crippen molar-refractivity contribution in [3.05, 3.63) is 78.8 Å². The summed E-state index contributed by atoms with van der Waals surface area (Å²) in [5.74, 6) is -0.390. The Labute approximate surface area is 299 Å². The van der Waals surface area contributed by atoms with Gasteiger partial charge in [0.15, 0.2) is 5.03 Å². The van der Waals surface area contributed by atoms with Crippen molar-refractivity contribution in [3.63, 3.8) is 0 Å². The van der Waals surface area contributed by atoms with Gasteiger partial charge in [0.2, 0.25) is 0 Å². The lowest BCUT2D eigenvalue weighted by atomic mass is 10.0. The molecule has 3 amide bonds. The van der Waals surface area contributed by atoms with Crippen molar-refractivity contribution < 1.29 is 32.6 Å². The first-order valence-electron chi connectivity index (χ1n) is 17.2. The van der Waals surface area contributed by atoms with E-state index in [-0.39, 0.29) is 42.3 Å². The van der Waals surface area contributed by atoms with Gasteiger partial charge in [-0.3, -0.25) is 4.79 Å². The highest BCUT2D eigenvalue weighted by Gasteiger charge is 2.33. The van der Waals surface area contributed by atoms with Crippen LogP contribution in [0.5, 0.6) is 5.75 Å². The van der Waals surface area contributed by atoms with Crippen LogP contribution in [0.2, 0.25) is 0 Å². The molecule has 2 heterocycles. The maximum absolute atomic E-state index is 14.5. The molecule has 1 aliphatic heterocycles. The Morgan fingerprint density at radius 2 is 1.86 bits per heavy atom. The van der Waals surface area contributed by atoms with Gasteiger partial charge in [0, 0.05) is 57.0 Å². The number of rotatable bonds is 8. The normalized spacial score (nSPS) is 19.9. The first kappa shape index (κ1) is 37.7. The van der Waals surface area contributed by atoms with Gasteiger partial charge in [0.05, 0.1) is 42.4 Å². The minimum Gasteiger partial charge on any atom is -0.490 e. The highest BCUT2D eigenvalue weighted by Crippen LogP contribution is 2.29. The zero-order chi connectivity index (χ0) is 36.7. The summed E-state index contributed by atoms with van der Waals surface area (Å²) in [5.41, 5.74) is 1.25. The minimum atomic E-state index is -3.90. The molecule has 274 valence electrons. The largest absolute Gasteiger partial charge is 0.490 e. The van der Waals surface area contributed by atoms with Crippen LogP contribution in [0.4, 0.5) is 16.2 Å². The standard InChI is InChI=1S/C37H48N6O7S/c1-25-20-43(26(2)23-44)36(45)31-19-29(39-37(46)40-32-15-10-13-28-12-6-7-14-30(28)32)16-17-33(31)50-27(3)11-8-9-18-49-34(25)21-42(5)51(47,48)35-22-41(4)24-38-35/h6-7,10,12-17,19,22,24-27,34,44H,8-9,11,18,20-21,23H2,1-5H3,(H2,39,40,46)/t25-,26+,27+,34-/m0/s1. The van der Waals surface area contributed by atoms with E-state index < -0.39 is 34.1 Å². The molecule has 5 rings (SSSR count). The number of anilines is 2. The van der Waals surface area contributed by atoms with Gasteiger partial charge in [0.25, 0.3) is 15.9 Å². The number of aliphatic hydroxyl groups is 1. The molecular weight excluding hydrogens is 673 g/mol. The summed E-state index contributed by atoms with van der Waals surface area (Å²) in [6.07, 6.45) is 4.28. The van der Waals surface area contributed by atoms with Gasteiger partial charge in [-0.1, -0.05) is 43.3 Å². The molecule has 0 spiro atoms. The molecule has 3 N–H and O–H groups in total. The molecule has 4 aromatic rings. The minimum absolute atomic E-state index is 0.0333. The van der Waals surface area contributed by atoms with Crippen molar-refractivity contribution in [2.45, 2.75) is 63.3 Å². The van der Waals surface area contributed by atoms with Gasteiger partial charge in [-0.2, -0.15) is 4.31 Å². The van der Waals surface area contributed by atoms with Crippen molar-refractivity contribution in [2.75, 3.05) is 44.0 Å². The molecule has 0 aliphatic carbocycles. The molecule has 14 heteroatoms. The van der Waals surface area contributed by atoms with Gasteiger partial charge in [-0.05, 0) is 62.8 Å². The Hall–Kier alpha value is -4.50. The van der Waals surface area contributed by atoms with Crippen molar-refractivity contribution in [1.82, 2.24) is 18.8 Å². The highest BCUT2D eigenvalue weighted by atomic mass is 32.2. The van der Waals surface area contributed by atoms with E-state index in [9.17, 15) is 23.1 Å². The number of hydrogen-bond donors (Lipinski definition) is 3. The van der Waals surface area contributed by atoms with Crippen LogP contribution in [-0.2, 0) is 21.8 Å². The summed E-state index contributed by atoms with van der Waals surface area (Å²) < 4.78 is 42.1. The second kappa shape index (κ2) is 16.7. The van der Waals surface area contributed by atoms with E-state index in [1.807, 2.05) is 56.3 Å². The van der Waals surface area contributed by atoms with Crippen LogP contribution in [0.1, 0.15) is 50.4 Å². The van der Waals surface area contributed by atoms with E-state index in [4.69, 9.17) is 9.47 Å². The van der Waals surface area contributed by atoms with Gasteiger partial charge >= 0.3 is 6.03 Å². The molecule has 51 heavy (non-hydrogen) atoms.